The van der Waals surface area contributed by atoms with Crippen LogP contribution in [-0.2, 0) is 14.3 Å². The fraction of sp³-hybridized carbons (Fsp3) is 0.450. The lowest BCUT2D eigenvalue weighted by Gasteiger charge is -2.18. The van der Waals surface area contributed by atoms with Crippen LogP contribution in [0.25, 0.3) is 5.70 Å². The SMILES string of the molecule is C=C1c2ccccc2C(=O)N1CC(=O)OCC(=O)NC1CCCCCC1. The fourth-order valence-electron chi connectivity index (χ4n) is 3.52. The lowest BCUT2D eigenvalue weighted by Crippen LogP contribution is -2.38. The van der Waals surface area contributed by atoms with E-state index in [1.165, 1.54) is 17.7 Å². The molecule has 0 unspecified atom stereocenters. The topological polar surface area (TPSA) is 75.7 Å². The van der Waals surface area contributed by atoms with Crippen LogP contribution in [0.15, 0.2) is 30.8 Å². The third-order valence-electron chi connectivity index (χ3n) is 4.91. The molecule has 0 saturated heterocycles. The van der Waals surface area contributed by atoms with Gasteiger partial charge in [-0.3, -0.25) is 19.3 Å². The van der Waals surface area contributed by atoms with Gasteiger partial charge in [0, 0.05) is 22.9 Å². The molecule has 138 valence electrons. The van der Waals surface area contributed by atoms with Gasteiger partial charge in [0.2, 0.25) is 0 Å². The molecular weight excluding hydrogens is 332 g/mol. The van der Waals surface area contributed by atoms with E-state index in [2.05, 4.69) is 11.9 Å². The third-order valence-corrected chi connectivity index (χ3v) is 4.91. The number of benzene rings is 1. The number of esters is 1. The van der Waals surface area contributed by atoms with Crippen LogP contribution in [0.4, 0.5) is 0 Å². The number of rotatable bonds is 5. The summed E-state index contributed by atoms with van der Waals surface area (Å²) in [6, 6.07) is 7.24. The maximum Gasteiger partial charge on any atom is 0.326 e. The maximum absolute atomic E-state index is 12.4. The number of nitrogens with zero attached hydrogens (tertiary/aromatic N) is 1. The summed E-state index contributed by atoms with van der Waals surface area (Å²) in [4.78, 5) is 37.7. The summed E-state index contributed by atoms with van der Waals surface area (Å²) in [7, 11) is 0. The Hall–Kier alpha value is -2.63. The number of carbonyl (C=O) groups excluding carboxylic acids is 3. The van der Waals surface area contributed by atoms with Gasteiger partial charge in [0.15, 0.2) is 6.61 Å². The Kier molecular flexibility index (Phi) is 5.71. The Morgan fingerprint density at radius 1 is 1.12 bits per heavy atom. The minimum atomic E-state index is -0.622. The lowest BCUT2D eigenvalue weighted by molar-refractivity contribution is -0.148. The van der Waals surface area contributed by atoms with E-state index in [4.69, 9.17) is 4.74 Å². The monoisotopic (exact) mass is 356 g/mol. The second-order valence-electron chi connectivity index (χ2n) is 6.80. The molecule has 1 saturated carbocycles. The van der Waals surface area contributed by atoms with E-state index in [1.807, 2.05) is 6.07 Å². The molecule has 0 radical (unpaired) electrons. The Morgan fingerprint density at radius 3 is 2.42 bits per heavy atom. The minimum absolute atomic E-state index is 0.165. The summed E-state index contributed by atoms with van der Waals surface area (Å²) in [5, 5.41) is 2.93. The van der Waals surface area contributed by atoms with Gasteiger partial charge in [0.05, 0.1) is 0 Å². The highest BCUT2D eigenvalue weighted by Crippen LogP contribution is 2.30. The first-order chi connectivity index (χ1) is 12.6. The lowest BCUT2D eigenvalue weighted by atomic mass is 10.1. The van der Waals surface area contributed by atoms with Crippen LogP contribution in [0.1, 0.15) is 54.4 Å². The highest BCUT2D eigenvalue weighted by Gasteiger charge is 2.32. The molecule has 3 rings (SSSR count). The Balaban J connectivity index is 1.46. The summed E-state index contributed by atoms with van der Waals surface area (Å²) in [6.07, 6.45) is 6.59. The number of ether oxygens (including phenoxy) is 1. The van der Waals surface area contributed by atoms with Crippen molar-refractivity contribution >= 4 is 23.5 Å². The number of amides is 2. The van der Waals surface area contributed by atoms with E-state index < -0.39 is 5.97 Å². The van der Waals surface area contributed by atoms with E-state index in [0.717, 1.165) is 31.2 Å². The second kappa shape index (κ2) is 8.17. The quantitative estimate of drug-likeness (QED) is 0.650. The standard InChI is InChI=1S/C20H24N2O4/c1-14-16-10-6-7-11-17(16)20(25)22(14)12-19(24)26-13-18(23)21-15-8-4-2-3-5-9-15/h6-7,10-11,15H,1-5,8-9,12-13H2,(H,21,23). The third kappa shape index (κ3) is 4.12. The first-order valence-corrected chi connectivity index (χ1v) is 9.11. The zero-order valence-electron chi connectivity index (χ0n) is 14.8. The number of hydrogen-bond acceptors (Lipinski definition) is 4. The highest BCUT2D eigenvalue weighted by atomic mass is 16.5. The van der Waals surface area contributed by atoms with E-state index in [9.17, 15) is 14.4 Å². The first kappa shape index (κ1) is 18.2. The van der Waals surface area contributed by atoms with Gasteiger partial charge >= 0.3 is 5.97 Å². The number of nitrogens with one attached hydrogen (secondary N) is 1. The van der Waals surface area contributed by atoms with E-state index in [1.54, 1.807) is 18.2 Å². The molecule has 1 heterocycles. The zero-order valence-corrected chi connectivity index (χ0v) is 14.8. The smallest absolute Gasteiger partial charge is 0.326 e. The van der Waals surface area contributed by atoms with E-state index >= 15 is 0 Å². The number of hydrogen-bond donors (Lipinski definition) is 1. The normalized spacial score (nSPS) is 17.6. The van der Waals surface area contributed by atoms with E-state index in [-0.39, 0.29) is 31.0 Å². The van der Waals surface area contributed by atoms with Gasteiger partial charge in [-0.2, -0.15) is 0 Å². The van der Waals surface area contributed by atoms with Gasteiger partial charge in [0.25, 0.3) is 11.8 Å². The van der Waals surface area contributed by atoms with E-state index in [0.29, 0.717) is 11.3 Å². The second-order valence-corrected chi connectivity index (χ2v) is 6.80. The summed E-state index contributed by atoms with van der Waals surface area (Å²) >= 11 is 0. The zero-order chi connectivity index (χ0) is 18.5. The summed E-state index contributed by atoms with van der Waals surface area (Å²) in [5.74, 6) is -1.19. The van der Waals surface area contributed by atoms with Crippen molar-refractivity contribution in [3.63, 3.8) is 0 Å². The molecule has 6 nitrogen and oxygen atoms in total. The Labute approximate surface area is 153 Å². The van der Waals surface area contributed by atoms with Gasteiger partial charge in [-0.05, 0) is 18.9 Å². The fourth-order valence-corrected chi connectivity index (χ4v) is 3.52. The number of fused-ring (bicyclic) bond motifs is 1. The van der Waals surface area contributed by atoms with Crippen molar-refractivity contribution in [2.45, 2.75) is 44.6 Å². The number of carbonyl (C=O) groups is 3. The summed E-state index contributed by atoms with van der Waals surface area (Å²) in [5.41, 5.74) is 1.72. The van der Waals surface area contributed by atoms with Crippen LogP contribution in [0.5, 0.6) is 0 Å². The van der Waals surface area contributed by atoms with Crippen LogP contribution in [-0.4, -0.2) is 41.9 Å². The van der Waals surface area contributed by atoms with Crippen molar-refractivity contribution in [3.05, 3.63) is 42.0 Å². The Morgan fingerprint density at radius 2 is 1.77 bits per heavy atom. The van der Waals surface area contributed by atoms with Crippen molar-refractivity contribution in [1.29, 1.82) is 0 Å². The minimum Gasteiger partial charge on any atom is -0.454 e. The van der Waals surface area contributed by atoms with Crippen LogP contribution in [0.2, 0.25) is 0 Å². The van der Waals surface area contributed by atoms with Gasteiger partial charge in [-0.15, -0.1) is 0 Å². The highest BCUT2D eigenvalue weighted by molar-refractivity contribution is 6.10. The van der Waals surface area contributed by atoms with Crippen molar-refractivity contribution in [2.75, 3.05) is 13.2 Å². The van der Waals surface area contributed by atoms with Gasteiger partial charge in [-0.1, -0.05) is 50.5 Å². The molecule has 0 aromatic heterocycles. The average molecular weight is 356 g/mol. The molecule has 1 aromatic carbocycles. The largest absolute Gasteiger partial charge is 0.454 e. The maximum atomic E-state index is 12.4. The van der Waals surface area contributed by atoms with Crippen molar-refractivity contribution < 1.29 is 19.1 Å². The molecule has 2 amide bonds. The molecular formula is C20H24N2O4. The summed E-state index contributed by atoms with van der Waals surface area (Å²) in [6.45, 7) is 3.31. The molecule has 0 spiro atoms. The van der Waals surface area contributed by atoms with Crippen LogP contribution >= 0.6 is 0 Å². The molecule has 26 heavy (non-hydrogen) atoms. The average Bonchev–Trinajstić information content (AvgIpc) is 2.82. The van der Waals surface area contributed by atoms with Gasteiger partial charge < -0.3 is 10.1 Å². The predicted molar refractivity (Wildman–Crippen MR) is 97.1 cm³/mol. The molecule has 6 heteroatoms. The van der Waals surface area contributed by atoms with Gasteiger partial charge in [-0.25, -0.2) is 0 Å². The molecule has 0 bridgehead atoms. The molecule has 2 aliphatic rings. The molecule has 1 aromatic rings. The van der Waals surface area contributed by atoms with Crippen molar-refractivity contribution in [2.24, 2.45) is 0 Å². The molecule has 1 aliphatic carbocycles. The van der Waals surface area contributed by atoms with Crippen molar-refractivity contribution in [3.8, 4) is 0 Å². The molecule has 0 atom stereocenters. The van der Waals surface area contributed by atoms with Gasteiger partial charge in [0.1, 0.15) is 6.54 Å². The van der Waals surface area contributed by atoms with Crippen LogP contribution < -0.4 is 5.32 Å². The van der Waals surface area contributed by atoms with Crippen LogP contribution in [0.3, 0.4) is 0 Å². The molecule has 1 N–H and O–H groups in total. The molecule has 1 aliphatic heterocycles. The predicted octanol–water partition coefficient (Wildman–Crippen LogP) is 2.50. The van der Waals surface area contributed by atoms with Crippen molar-refractivity contribution in [1.82, 2.24) is 10.2 Å². The Bertz CT molecular complexity index is 685. The van der Waals surface area contributed by atoms with Crippen LogP contribution in [0, 0.1) is 0 Å². The summed E-state index contributed by atoms with van der Waals surface area (Å²) < 4.78 is 5.05. The molecule has 1 fully saturated rings. The first-order valence-electron chi connectivity index (χ1n) is 9.11.